The van der Waals surface area contributed by atoms with Gasteiger partial charge >= 0.3 is 0 Å². The SMILES string of the molecule is O=C(CCc1ccccc1)NC1CCSc2ccc(Cl)cc21. The van der Waals surface area contributed by atoms with Gasteiger partial charge in [-0.05, 0) is 42.2 Å². The van der Waals surface area contributed by atoms with Crippen LogP contribution in [0.25, 0.3) is 0 Å². The molecule has 2 aromatic rings. The van der Waals surface area contributed by atoms with Crippen LogP contribution in [0.15, 0.2) is 53.4 Å². The number of benzene rings is 2. The van der Waals surface area contributed by atoms with Crippen molar-refractivity contribution in [3.8, 4) is 0 Å². The number of hydrogen-bond acceptors (Lipinski definition) is 2. The summed E-state index contributed by atoms with van der Waals surface area (Å²) in [7, 11) is 0. The molecule has 114 valence electrons. The van der Waals surface area contributed by atoms with E-state index in [9.17, 15) is 4.79 Å². The molecule has 2 aromatic carbocycles. The molecule has 22 heavy (non-hydrogen) atoms. The molecule has 3 rings (SSSR count). The number of fused-ring (bicyclic) bond motifs is 1. The van der Waals surface area contributed by atoms with Gasteiger partial charge in [-0.3, -0.25) is 4.79 Å². The van der Waals surface area contributed by atoms with E-state index in [4.69, 9.17) is 11.6 Å². The monoisotopic (exact) mass is 331 g/mol. The number of carbonyl (C=O) groups excluding carboxylic acids is 1. The van der Waals surface area contributed by atoms with Gasteiger partial charge in [0.05, 0.1) is 6.04 Å². The smallest absolute Gasteiger partial charge is 0.220 e. The molecule has 1 heterocycles. The van der Waals surface area contributed by atoms with Crippen LogP contribution in [0.4, 0.5) is 0 Å². The molecule has 1 unspecified atom stereocenters. The fourth-order valence-corrected chi connectivity index (χ4v) is 3.97. The van der Waals surface area contributed by atoms with Gasteiger partial charge in [-0.1, -0.05) is 41.9 Å². The second-order valence-corrected chi connectivity index (χ2v) is 7.00. The minimum atomic E-state index is 0.0817. The Morgan fingerprint density at radius 2 is 2.05 bits per heavy atom. The molecule has 0 aromatic heterocycles. The highest BCUT2D eigenvalue weighted by Crippen LogP contribution is 2.37. The Kier molecular flexibility index (Phi) is 5.06. The fourth-order valence-electron chi connectivity index (χ4n) is 2.68. The molecular formula is C18H18ClNOS. The lowest BCUT2D eigenvalue weighted by atomic mass is 10.0. The molecule has 1 atom stereocenters. The fraction of sp³-hybridized carbons (Fsp3) is 0.278. The summed E-state index contributed by atoms with van der Waals surface area (Å²) in [6.07, 6.45) is 2.25. The van der Waals surface area contributed by atoms with Crippen LogP contribution in [0.3, 0.4) is 0 Å². The minimum Gasteiger partial charge on any atom is -0.349 e. The second-order valence-electron chi connectivity index (χ2n) is 5.42. The first-order valence-corrected chi connectivity index (χ1v) is 8.84. The zero-order chi connectivity index (χ0) is 15.4. The quantitative estimate of drug-likeness (QED) is 0.885. The highest BCUT2D eigenvalue weighted by molar-refractivity contribution is 7.99. The van der Waals surface area contributed by atoms with E-state index in [2.05, 4.69) is 17.4 Å². The van der Waals surface area contributed by atoms with Crippen LogP contribution < -0.4 is 5.32 Å². The van der Waals surface area contributed by atoms with Gasteiger partial charge in [0.1, 0.15) is 0 Å². The molecule has 2 nitrogen and oxygen atoms in total. The topological polar surface area (TPSA) is 29.1 Å². The van der Waals surface area contributed by atoms with Crippen molar-refractivity contribution in [2.24, 2.45) is 0 Å². The van der Waals surface area contributed by atoms with Crippen molar-refractivity contribution in [3.05, 3.63) is 64.7 Å². The molecular weight excluding hydrogens is 314 g/mol. The molecule has 1 aliphatic heterocycles. The van der Waals surface area contributed by atoms with Crippen LogP contribution >= 0.6 is 23.4 Å². The van der Waals surface area contributed by atoms with Crippen molar-refractivity contribution < 1.29 is 4.79 Å². The summed E-state index contributed by atoms with van der Waals surface area (Å²) in [6.45, 7) is 0. The van der Waals surface area contributed by atoms with Crippen molar-refractivity contribution in [1.82, 2.24) is 5.32 Å². The molecule has 0 spiro atoms. The largest absolute Gasteiger partial charge is 0.349 e. The lowest BCUT2D eigenvalue weighted by Gasteiger charge is -2.26. The van der Waals surface area contributed by atoms with Crippen molar-refractivity contribution in [1.29, 1.82) is 0 Å². The number of carbonyl (C=O) groups is 1. The van der Waals surface area contributed by atoms with Gasteiger partial charge in [0.2, 0.25) is 5.91 Å². The number of rotatable bonds is 4. The summed E-state index contributed by atoms with van der Waals surface area (Å²) in [5.41, 5.74) is 2.34. The number of thioether (sulfide) groups is 1. The van der Waals surface area contributed by atoms with E-state index >= 15 is 0 Å². The first kappa shape index (κ1) is 15.4. The van der Waals surface area contributed by atoms with Crippen LogP contribution in [0.5, 0.6) is 0 Å². The summed E-state index contributed by atoms with van der Waals surface area (Å²) in [5.74, 6) is 1.13. The molecule has 1 amide bonds. The molecule has 4 heteroatoms. The van der Waals surface area contributed by atoms with Crippen molar-refractivity contribution >= 4 is 29.3 Å². The van der Waals surface area contributed by atoms with Crippen molar-refractivity contribution in [2.75, 3.05) is 5.75 Å². The maximum absolute atomic E-state index is 12.2. The third kappa shape index (κ3) is 3.84. The summed E-state index contributed by atoms with van der Waals surface area (Å²) in [6, 6.07) is 16.1. The van der Waals surface area contributed by atoms with Gasteiger partial charge in [-0.2, -0.15) is 0 Å². The Balaban J connectivity index is 1.62. The van der Waals surface area contributed by atoms with Crippen LogP contribution in [0.1, 0.15) is 30.0 Å². The number of aryl methyl sites for hydroxylation is 1. The summed E-state index contributed by atoms with van der Waals surface area (Å²) in [5, 5.41) is 3.89. The molecule has 0 saturated carbocycles. The third-order valence-electron chi connectivity index (χ3n) is 3.83. The van der Waals surface area contributed by atoms with Gasteiger partial charge in [0.25, 0.3) is 0 Å². The van der Waals surface area contributed by atoms with E-state index in [1.165, 1.54) is 10.5 Å². The molecule has 0 saturated heterocycles. The summed E-state index contributed by atoms with van der Waals surface area (Å²) in [4.78, 5) is 13.5. The summed E-state index contributed by atoms with van der Waals surface area (Å²) >= 11 is 7.93. The Bertz CT molecular complexity index is 659. The molecule has 0 fully saturated rings. The average Bonchev–Trinajstić information content (AvgIpc) is 2.54. The Morgan fingerprint density at radius 3 is 2.86 bits per heavy atom. The standard InChI is InChI=1S/C18H18ClNOS/c19-14-7-8-17-15(12-14)16(10-11-22-17)20-18(21)9-6-13-4-2-1-3-5-13/h1-5,7-8,12,16H,6,9-11H2,(H,20,21). The molecule has 0 aliphatic carbocycles. The molecule has 1 N–H and O–H groups in total. The van der Waals surface area contributed by atoms with Crippen LogP contribution in [-0.2, 0) is 11.2 Å². The molecule has 1 aliphatic rings. The zero-order valence-corrected chi connectivity index (χ0v) is 13.8. The number of amides is 1. The van der Waals surface area contributed by atoms with E-state index in [0.717, 1.165) is 29.2 Å². The Labute approximate surface area is 140 Å². The van der Waals surface area contributed by atoms with E-state index in [1.54, 1.807) is 0 Å². The van der Waals surface area contributed by atoms with Crippen LogP contribution in [0.2, 0.25) is 5.02 Å². The number of nitrogens with one attached hydrogen (secondary N) is 1. The maximum atomic E-state index is 12.2. The van der Waals surface area contributed by atoms with Gasteiger partial charge < -0.3 is 5.32 Å². The molecule has 0 radical (unpaired) electrons. The minimum absolute atomic E-state index is 0.0817. The highest BCUT2D eigenvalue weighted by atomic mass is 35.5. The zero-order valence-electron chi connectivity index (χ0n) is 12.2. The third-order valence-corrected chi connectivity index (χ3v) is 5.19. The first-order valence-electron chi connectivity index (χ1n) is 7.48. The lowest BCUT2D eigenvalue weighted by Crippen LogP contribution is -2.30. The van der Waals surface area contributed by atoms with Gasteiger partial charge in [0.15, 0.2) is 0 Å². The maximum Gasteiger partial charge on any atom is 0.220 e. The van der Waals surface area contributed by atoms with Crippen LogP contribution in [-0.4, -0.2) is 11.7 Å². The lowest BCUT2D eigenvalue weighted by molar-refractivity contribution is -0.121. The number of halogens is 1. The predicted molar refractivity (Wildman–Crippen MR) is 92.4 cm³/mol. The Hall–Kier alpha value is -1.45. The number of hydrogen-bond donors (Lipinski definition) is 1. The van der Waals surface area contributed by atoms with Crippen molar-refractivity contribution in [2.45, 2.75) is 30.2 Å². The van der Waals surface area contributed by atoms with Gasteiger partial charge in [0, 0.05) is 22.1 Å². The molecule has 0 bridgehead atoms. The van der Waals surface area contributed by atoms with Gasteiger partial charge in [-0.25, -0.2) is 0 Å². The van der Waals surface area contributed by atoms with Gasteiger partial charge in [-0.15, -0.1) is 11.8 Å². The average molecular weight is 332 g/mol. The van der Waals surface area contributed by atoms with E-state index in [-0.39, 0.29) is 11.9 Å². The predicted octanol–water partition coefficient (Wildman–Crippen LogP) is 4.63. The first-order chi connectivity index (χ1) is 10.7. The highest BCUT2D eigenvalue weighted by Gasteiger charge is 2.22. The second kappa shape index (κ2) is 7.21. The van der Waals surface area contributed by atoms with E-state index < -0.39 is 0 Å². The summed E-state index contributed by atoms with van der Waals surface area (Å²) < 4.78 is 0. The normalized spacial score (nSPS) is 16.9. The van der Waals surface area contributed by atoms with Crippen molar-refractivity contribution in [3.63, 3.8) is 0 Å². The van der Waals surface area contributed by atoms with Crippen LogP contribution in [0, 0.1) is 0 Å². The Morgan fingerprint density at radius 1 is 1.23 bits per heavy atom. The van der Waals surface area contributed by atoms with E-state index in [1.807, 2.05) is 48.2 Å². The van der Waals surface area contributed by atoms with E-state index in [0.29, 0.717) is 6.42 Å².